The Balaban J connectivity index is 4.13. The SMILES string of the molecule is CCCN(CCCC(C)(C)C#N)CC(=O)N(C)C. The summed E-state index contributed by atoms with van der Waals surface area (Å²) in [6.45, 7) is 8.34. The van der Waals surface area contributed by atoms with E-state index in [1.165, 1.54) is 0 Å². The summed E-state index contributed by atoms with van der Waals surface area (Å²) in [5, 5.41) is 8.96. The number of amides is 1. The highest BCUT2D eigenvalue weighted by Crippen LogP contribution is 2.20. The third kappa shape index (κ3) is 7.29. The molecule has 0 saturated carbocycles. The zero-order chi connectivity index (χ0) is 14.2. The summed E-state index contributed by atoms with van der Waals surface area (Å²) >= 11 is 0. The Morgan fingerprint density at radius 1 is 1.28 bits per heavy atom. The molecule has 0 heterocycles. The molecule has 0 saturated heterocycles. The van der Waals surface area contributed by atoms with Crippen LogP contribution in [0.2, 0.25) is 0 Å². The predicted octanol–water partition coefficient (Wildman–Crippen LogP) is 2.12. The second-order valence-electron chi connectivity index (χ2n) is 5.66. The van der Waals surface area contributed by atoms with E-state index in [4.69, 9.17) is 5.26 Å². The Bertz CT molecular complexity index is 292. The Morgan fingerprint density at radius 2 is 1.89 bits per heavy atom. The average molecular weight is 253 g/mol. The van der Waals surface area contributed by atoms with Gasteiger partial charge in [-0.05, 0) is 46.2 Å². The number of rotatable bonds is 8. The minimum absolute atomic E-state index is 0.142. The number of likely N-dealkylation sites (N-methyl/N-ethyl adjacent to an activating group) is 1. The summed E-state index contributed by atoms with van der Waals surface area (Å²) in [4.78, 5) is 15.5. The second-order valence-corrected chi connectivity index (χ2v) is 5.66. The Labute approximate surface area is 112 Å². The summed E-state index contributed by atoms with van der Waals surface area (Å²) in [5.41, 5.74) is -0.260. The lowest BCUT2D eigenvalue weighted by Crippen LogP contribution is -2.37. The van der Waals surface area contributed by atoms with Gasteiger partial charge in [0.2, 0.25) is 5.91 Å². The van der Waals surface area contributed by atoms with E-state index < -0.39 is 0 Å². The highest BCUT2D eigenvalue weighted by Gasteiger charge is 2.17. The van der Waals surface area contributed by atoms with E-state index in [-0.39, 0.29) is 11.3 Å². The largest absolute Gasteiger partial charge is 0.348 e. The van der Waals surface area contributed by atoms with Gasteiger partial charge >= 0.3 is 0 Å². The number of nitrogens with zero attached hydrogens (tertiary/aromatic N) is 3. The molecule has 4 nitrogen and oxygen atoms in total. The highest BCUT2D eigenvalue weighted by atomic mass is 16.2. The molecule has 0 unspecified atom stereocenters. The van der Waals surface area contributed by atoms with Gasteiger partial charge in [0.05, 0.1) is 18.0 Å². The quantitative estimate of drug-likeness (QED) is 0.665. The van der Waals surface area contributed by atoms with E-state index in [0.29, 0.717) is 6.54 Å². The number of hydrogen-bond acceptors (Lipinski definition) is 3. The van der Waals surface area contributed by atoms with Crippen LogP contribution in [0.15, 0.2) is 0 Å². The normalized spacial score (nSPS) is 11.4. The van der Waals surface area contributed by atoms with Gasteiger partial charge in [0.25, 0.3) is 0 Å². The van der Waals surface area contributed by atoms with Gasteiger partial charge in [-0.3, -0.25) is 9.69 Å². The van der Waals surface area contributed by atoms with Crippen LogP contribution in [0.25, 0.3) is 0 Å². The molecular weight excluding hydrogens is 226 g/mol. The van der Waals surface area contributed by atoms with Gasteiger partial charge in [0.15, 0.2) is 0 Å². The Kier molecular flexibility index (Phi) is 7.61. The van der Waals surface area contributed by atoms with Crippen molar-refractivity contribution in [2.45, 2.75) is 40.0 Å². The molecule has 1 amide bonds. The molecule has 0 aromatic rings. The maximum atomic E-state index is 11.7. The van der Waals surface area contributed by atoms with Crippen LogP contribution in [-0.2, 0) is 4.79 Å². The van der Waals surface area contributed by atoms with Crippen LogP contribution in [0.3, 0.4) is 0 Å². The topological polar surface area (TPSA) is 47.3 Å². The van der Waals surface area contributed by atoms with Crippen molar-refractivity contribution in [2.24, 2.45) is 5.41 Å². The minimum atomic E-state index is -0.260. The molecule has 4 heteroatoms. The maximum Gasteiger partial charge on any atom is 0.236 e. The van der Waals surface area contributed by atoms with Gasteiger partial charge in [0.1, 0.15) is 0 Å². The molecule has 0 atom stereocenters. The fourth-order valence-corrected chi connectivity index (χ4v) is 1.72. The minimum Gasteiger partial charge on any atom is -0.348 e. The predicted molar refractivity (Wildman–Crippen MR) is 74.1 cm³/mol. The van der Waals surface area contributed by atoms with E-state index in [1.54, 1.807) is 19.0 Å². The average Bonchev–Trinajstić information content (AvgIpc) is 2.28. The summed E-state index contributed by atoms with van der Waals surface area (Å²) in [7, 11) is 3.57. The molecule has 0 N–H and O–H groups in total. The van der Waals surface area contributed by atoms with Crippen molar-refractivity contribution in [3.8, 4) is 6.07 Å². The molecule has 0 bridgehead atoms. The second kappa shape index (κ2) is 8.10. The summed E-state index contributed by atoms with van der Waals surface area (Å²) < 4.78 is 0. The molecule has 0 fully saturated rings. The lowest BCUT2D eigenvalue weighted by Gasteiger charge is -2.24. The zero-order valence-electron chi connectivity index (χ0n) is 12.5. The number of carbonyl (C=O) groups is 1. The first kappa shape index (κ1) is 16.9. The Hall–Kier alpha value is -1.08. The van der Waals surface area contributed by atoms with Crippen molar-refractivity contribution in [2.75, 3.05) is 33.7 Å². The van der Waals surface area contributed by atoms with E-state index in [0.717, 1.165) is 32.4 Å². The van der Waals surface area contributed by atoms with E-state index in [2.05, 4.69) is 17.9 Å². The third-order valence-corrected chi connectivity index (χ3v) is 2.98. The lowest BCUT2D eigenvalue weighted by molar-refractivity contribution is -0.129. The molecule has 0 aromatic carbocycles. The van der Waals surface area contributed by atoms with Crippen LogP contribution in [0.4, 0.5) is 0 Å². The molecule has 0 spiro atoms. The number of nitriles is 1. The first-order valence-corrected chi connectivity index (χ1v) is 6.66. The molecule has 0 aromatic heterocycles. The van der Waals surface area contributed by atoms with Crippen LogP contribution >= 0.6 is 0 Å². The molecule has 0 aliphatic rings. The van der Waals surface area contributed by atoms with Crippen molar-refractivity contribution in [1.82, 2.24) is 9.80 Å². The van der Waals surface area contributed by atoms with Gasteiger partial charge in [-0.1, -0.05) is 6.92 Å². The Morgan fingerprint density at radius 3 is 2.33 bits per heavy atom. The molecule has 0 rings (SSSR count). The molecule has 104 valence electrons. The van der Waals surface area contributed by atoms with Gasteiger partial charge in [-0.15, -0.1) is 0 Å². The first-order chi connectivity index (χ1) is 8.32. The molecule has 0 aliphatic carbocycles. The molecule has 18 heavy (non-hydrogen) atoms. The standard InChI is InChI=1S/C14H27N3O/c1-6-9-17(11-13(18)16(4)5)10-7-8-14(2,3)12-15/h6-11H2,1-5H3. The third-order valence-electron chi connectivity index (χ3n) is 2.98. The van der Waals surface area contributed by atoms with E-state index >= 15 is 0 Å². The van der Waals surface area contributed by atoms with Gasteiger partial charge in [-0.25, -0.2) is 0 Å². The molecule has 0 aliphatic heterocycles. The summed E-state index contributed by atoms with van der Waals surface area (Å²) in [6, 6.07) is 2.31. The monoisotopic (exact) mass is 253 g/mol. The zero-order valence-corrected chi connectivity index (χ0v) is 12.5. The fraction of sp³-hybridized carbons (Fsp3) is 0.857. The van der Waals surface area contributed by atoms with Crippen LogP contribution in [0, 0.1) is 16.7 Å². The summed E-state index contributed by atoms with van der Waals surface area (Å²) in [5.74, 6) is 0.142. The van der Waals surface area contributed by atoms with Crippen molar-refractivity contribution in [1.29, 1.82) is 5.26 Å². The van der Waals surface area contributed by atoms with Crippen molar-refractivity contribution in [3.63, 3.8) is 0 Å². The van der Waals surface area contributed by atoms with Crippen LogP contribution < -0.4 is 0 Å². The van der Waals surface area contributed by atoms with E-state index in [9.17, 15) is 4.79 Å². The van der Waals surface area contributed by atoms with Crippen molar-refractivity contribution < 1.29 is 4.79 Å². The smallest absolute Gasteiger partial charge is 0.236 e. The molecule has 0 radical (unpaired) electrons. The van der Waals surface area contributed by atoms with Crippen LogP contribution in [-0.4, -0.2) is 49.4 Å². The van der Waals surface area contributed by atoms with Gasteiger partial charge < -0.3 is 4.90 Å². The fourth-order valence-electron chi connectivity index (χ4n) is 1.72. The molecular formula is C14H27N3O. The number of hydrogen-bond donors (Lipinski definition) is 0. The van der Waals surface area contributed by atoms with E-state index in [1.807, 2.05) is 13.8 Å². The van der Waals surface area contributed by atoms with Crippen molar-refractivity contribution >= 4 is 5.91 Å². The van der Waals surface area contributed by atoms with Crippen LogP contribution in [0.1, 0.15) is 40.0 Å². The van der Waals surface area contributed by atoms with Gasteiger partial charge in [0, 0.05) is 14.1 Å². The number of carbonyl (C=O) groups excluding carboxylic acids is 1. The first-order valence-electron chi connectivity index (χ1n) is 6.66. The summed E-state index contributed by atoms with van der Waals surface area (Å²) in [6.07, 6.45) is 2.88. The maximum absolute atomic E-state index is 11.7. The van der Waals surface area contributed by atoms with Crippen LogP contribution in [0.5, 0.6) is 0 Å². The van der Waals surface area contributed by atoms with Gasteiger partial charge in [-0.2, -0.15) is 5.26 Å². The van der Waals surface area contributed by atoms with Crippen molar-refractivity contribution in [3.05, 3.63) is 0 Å². The lowest BCUT2D eigenvalue weighted by atomic mass is 9.90. The highest BCUT2D eigenvalue weighted by molar-refractivity contribution is 5.77.